The molecule has 1 aromatic heterocycles. The molecule has 0 aliphatic rings. The number of nitriles is 1. The number of nitrogens with zero attached hydrogens (tertiary/aromatic N) is 2. The van der Waals surface area contributed by atoms with Crippen LogP contribution in [0.5, 0.6) is 0 Å². The normalized spacial score (nSPS) is 11.6. The van der Waals surface area contributed by atoms with Crippen molar-refractivity contribution >= 4 is 17.6 Å². The highest BCUT2D eigenvalue weighted by Crippen LogP contribution is 2.18. The van der Waals surface area contributed by atoms with Crippen molar-refractivity contribution in [2.45, 2.75) is 12.6 Å². The van der Waals surface area contributed by atoms with Crippen LogP contribution in [0.4, 0.5) is 0 Å². The number of pyridine rings is 1. The van der Waals surface area contributed by atoms with Crippen molar-refractivity contribution in [3.63, 3.8) is 0 Å². The quantitative estimate of drug-likeness (QED) is 0.863. The molecule has 1 atom stereocenters. The van der Waals surface area contributed by atoms with Gasteiger partial charge in [0.15, 0.2) is 0 Å². The lowest BCUT2D eigenvalue weighted by Crippen LogP contribution is -2.26. The van der Waals surface area contributed by atoms with Crippen molar-refractivity contribution in [2.24, 2.45) is 0 Å². The minimum atomic E-state index is -0.996. The van der Waals surface area contributed by atoms with E-state index in [1.165, 1.54) is 19.4 Å². The first-order valence-electron chi connectivity index (χ1n) is 6.62. The molecule has 1 heterocycles. The van der Waals surface area contributed by atoms with Crippen LogP contribution in [-0.4, -0.2) is 22.8 Å². The molecule has 0 aliphatic carbocycles. The van der Waals surface area contributed by atoms with Gasteiger partial charge in [0.2, 0.25) is 0 Å². The standard InChI is InChI=1S/C16H13ClN2O4/c1-23-16(22)12-6-11(7-18)15(21)19(8-12)9-14(20)10-2-4-13(17)5-3-10/h2-6,8,14,20H,9H2,1H3/t14-/m0/s1. The summed E-state index contributed by atoms with van der Waals surface area (Å²) in [7, 11) is 1.20. The SMILES string of the molecule is COC(=O)c1cc(C#N)c(=O)n(C[C@H](O)c2ccc(Cl)cc2)c1. The van der Waals surface area contributed by atoms with E-state index in [9.17, 15) is 14.7 Å². The van der Waals surface area contributed by atoms with E-state index in [0.29, 0.717) is 10.6 Å². The Balaban J connectivity index is 2.38. The molecule has 1 N–H and O–H groups in total. The second-order valence-corrected chi connectivity index (χ2v) is 5.21. The minimum Gasteiger partial charge on any atom is -0.465 e. The molecule has 0 radical (unpaired) electrons. The van der Waals surface area contributed by atoms with Crippen LogP contribution in [0.2, 0.25) is 5.02 Å². The smallest absolute Gasteiger partial charge is 0.339 e. The first kappa shape index (κ1) is 16.7. The van der Waals surface area contributed by atoms with E-state index in [4.69, 9.17) is 16.9 Å². The van der Waals surface area contributed by atoms with E-state index in [1.54, 1.807) is 30.3 Å². The molecule has 0 saturated carbocycles. The number of carbonyl (C=O) groups excluding carboxylic acids is 1. The van der Waals surface area contributed by atoms with Crippen molar-refractivity contribution in [3.05, 3.63) is 68.6 Å². The third-order valence-electron chi connectivity index (χ3n) is 3.25. The first-order chi connectivity index (χ1) is 11.0. The van der Waals surface area contributed by atoms with Gasteiger partial charge in [-0.2, -0.15) is 5.26 Å². The van der Waals surface area contributed by atoms with Gasteiger partial charge in [0.25, 0.3) is 5.56 Å². The Kier molecular flexibility index (Phi) is 5.16. The van der Waals surface area contributed by atoms with Crippen LogP contribution in [0.25, 0.3) is 0 Å². The highest BCUT2D eigenvalue weighted by molar-refractivity contribution is 6.30. The van der Waals surface area contributed by atoms with Gasteiger partial charge in [-0.05, 0) is 23.8 Å². The number of carbonyl (C=O) groups is 1. The fraction of sp³-hybridized carbons (Fsp3) is 0.188. The van der Waals surface area contributed by atoms with Crippen LogP contribution < -0.4 is 5.56 Å². The summed E-state index contributed by atoms with van der Waals surface area (Å²) in [5, 5.41) is 19.8. The molecule has 7 heteroatoms. The van der Waals surface area contributed by atoms with E-state index in [-0.39, 0.29) is 17.7 Å². The molecule has 0 fully saturated rings. The number of methoxy groups -OCH3 is 1. The van der Waals surface area contributed by atoms with Crippen molar-refractivity contribution in [1.29, 1.82) is 5.26 Å². The molecular weight excluding hydrogens is 320 g/mol. The van der Waals surface area contributed by atoms with E-state index in [2.05, 4.69) is 4.74 Å². The molecule has 0 aliphatic heterocycles. The Morgan fingerprint density at radius 2 is 2.09 bits per heavy atom. The van der Waals surface area contributed by atoms with Crippen molar-refractivity contribution in [3.8, 4) is 6.07 Å². The van der Waals surface area contributed by atoms with Crippen LogP contribution in [0.3, 0.4) is 0 Å². The number of hydrogen-bond acceptors (Lipinski definition) is 5. The maximum atomic E-state index is 12.1. The molecular formula is C16H13ClN2O4. The lowest BCUT2D eigenvalue weighted by Gasteiger charge is -2.14. The Labute approximate surface area is 137 Å². The second-order valence-electron chi connectivity index (χ2n) is 4.77. The summed E-state index contributed by atoms with van der Waals surface area (Å²) in [6, 6.07) is 9.41. The van der Waals surface area contributed by atoms with Crippen molar-refractivity contribution in [1.82, 2.24) is 4.57 Å². The summed E-state index contributed by atoms with van der Waals surface area (Å²) >= 11 is 5.79. The van der Waals surface area contributed by atoms with Crippen LogP contribution in [0, 0.1) is 11.3 Å². The fourth-order valence-corrected chi connectivity index (χ4v) is 2.18. The summed E-state index contributed by atoms with van der Waals surface area (Å²) in [6.07, 6.45) is 0.262. The zero-order valence-electron chi connectivity index (χ0n) is 12.2. The van der Waals surface area contributed by atoms with Gasteiger partial charge in [0, 0.05) is 11.2 Å². The van der Waals surface area contributed by atoms with Gasteiger partial charge in [0.1, 0.15) is 11.6 Å². The maximum absolute atomic E-state index is 12.1. The molecule has 2 aromatic rings. The predicted octanol–water partition coefficient (Wildman–Crippen LogP) is 1.89. The largest absolute Gasteiger partial charge is 0.465 e. The molecule has 0 spiro atoms. The van der Waals surface area contributed by atoms with E-state index in [0.717, 1.165) is 4.57 Å². The van der Waals surface area contributed by atoms with Gasteiger partial charge in [-0.1, -0.05) is 23.7 Å². The Hall–Kier alpha value is -2.62. The molecule has 0 bridgehead atoms. The first-order valence-corrected chi connectivity index (χ1v) is 7.00. The number of rotatable bonds is 4. The summed E-state index contributed by atoms with van der Waals surface area (Å²) < 4.78 is 5.71. The number of benzene rings is 1. The molecule has 118 valence electrons. The highest BCUT2D eigenvalue weighted by Gasteiger charge is 2.15. The number of esters is 1. The van der Waals surface area contributed by atoms with Gasteiger partial charge >= 0.3 is 5.97 Å². The van der Waals surface area contributed by atoms with E-state index < -0.39 is 17.6 Å². The van der Waals surface area contributed by atoms with Crippen LogP contribution in [-0.2, 0) is 11.3 Å². The number of hydrogen-bond donors (Lipinski definition) is 1. The third kappa shape index (κ3) is 3.77. The Morgan fingerprint density at radius 1 is 1.43 bits per heavy atom. The van der Waals surface area contributed by atoms with E-state index in [1.807, 2.05) is 0 Å². The zero-order valence-corrected chi connectivity index (χ0v) is 12.9. The second kappa shape index (κ2) is 7.09. The molecule has 2 rings (SSSR count). The average molecular weight is 333 g/mol. The lowest BCUT2D eigenvalue weighted by atomic mass is 10.1. The Bertz CT molecular complexity index is 821. The molecule has 0 unspecified atom stereocenters. The highest BCUT2D eigenvalue weighted by atomic mass is 35.5. The monoisotopic (exact) mass is 332 g/mol. The molecule has 1 aromatic carbocycles. The molecule has 23 heavy (non-hydrogen) atoms. The maximum Gasteiger partial charge on any atom is 0.339 e. The van der Waals surface area contributed by atoms with Gasteiger partial charge in [-0.3, -0.25) is 4.79 Å². The minimum absolute atomic E-state index is 0.0620. The van der Waals surface area contributed by atoms with Crippen LogP contribution in [0.1, 0.15) is 27.6 Å². The van der Waals surface area contributed by atoms with Gasteiger partial charge < -0.3 is 14.4 Å². The van der Waals surface area contributed by atoms with Gasteiger partial charge in [0.05, 0.1) is 25.3 Å². The molecule has 0 amide bonds. The number of aromatic nitrogens is 1. The molecule has 6 nitrogen and oxygen atoms in total. The van der Waals surface area contributed by atoms with Crippen molar-refractivity contribution in [2.75, 3.05) is 7.11 Å². The predicted molar refractivity (Wildman–Crippen MR) is 83.2 cm³/mol. The summed E-state index contributed by atoms with van der Waals surface area (Å²) in [5.74, 6) is -0.670. The average Bonchev–Trinajstić information content (AvgIpc) is 2.56. The fourth-order valence-electron chi connectivity index (χ4n) is 2.06. The lowest BCUT2D eigenvalue weighted by molar-refractivity contribution is 0.0598. The Morgan fingerprint density at radius 3 is 2.65 bits per heavy atom. The molecule has 0 saturated heterocycles. The summed E-state index contributed by atoms with van der Waals surface area (Å²) in [5.41, 5.74) is -0.167. The number of halogens is 1. The van der Waals surface area contributed by atoms with E-state index >= 15 is 0 Å². The number of ether oxygens (including phenoxy) is 1. The third-order valence-corrected chi connectivity index (χ3v) is 3.50. The van der Waals surface area contributed by atoms with Crippen molar-refractivity contribution < 1.29 is 14.6 Å². The van der Waals surface area contributed by atoms with Gasteiger partial charge in [-0.15, -0.1) is 0 Å². The van der Waals surface area contributed by atoms with Crippen LogP contribution >= 0.6 is 11.6 Å². The topological polar surface area (TPSA) is 92.3 Å². The van der Waals surface area contributed by atoms with Gasteiger partial charge in [-0.25, -0.2) is 4.79 Å². The summed E-state index contributed by atoms with van der Waals surface area (Å²) in [6.45, 7) is -0.111. The number of aliphatic hydroxyl groups excluding tert-OH is 1. The summed E-state index contributed by atoms with van der Waals surface area (Å²) in [4.78, 5) is 23.8. The zero-order chi connectivity index (χ0) is 17.0. The van der Waals surface area contributed by atoms with Crippen LogP contribution in [0.15, 0.2) is 41.3 Å². The number of aliphatic hydroxyl groups is 1.